The molecule has 1 amide bonds. The SMILES string of the molecule is C=CCc1ccccc1OCC(=O)Nc1scc(-c2ccc(F)cc2)c1C(=O)OCC. The molecule has 7 heteroatoms. The Labute approximate surface area is 184 Å². The largest absolute Gasteiger partial charge is 0.483 e. The molecule has 1 heterocycles. The molecule has 3 aromatic rings. The monoisotopic (exact) mass is 439 g/mol. The quantitative estimate of drug-likeness (QED) is 0.354. The van der Waals surface area contributed by atoms with E-state index in [2.05, 4.69) is 11.9 Å². The lowest BCUT2D eigenvalue weighted by atomic mass is 10.0. The Morgan fingerprint density at radius 1 is 1.16 bits per heavy atom. The van der Waals surface area contributed by atoms with Crippen molar-refractivity contribution in [1.82, 2.24) is 0 Å². The number of carbonyl (C=O) groups excluding carboxylic acids is 2. The summed E-state index contributed by atoms with van der Waals surface area (Å²) in [5.41, 5.74) is 2.37. The summed E-state index contributed by atoms with van der Waals surface area (Å²) in [6.45, 7) is 5.39. The van der Waals surface area contributed by atoms with Gasteiger partial charge in [0, 0.05) is 10.9 Å². The van der Waals surface area contributed by atoms with Crippen LogP contribution in [0.5, 0.6) is 5.75 Å². The Bertz CT molecular complexity index is 1080. The number of halogens is 1. The number of ether oxygens (including phenoxy) is 2. The lowest BCUT2D eigenvalue weighted by molar-refractivity contribution is -0.118. The van der Waals surface area contributed by atoms with Crippen molar-refractivity contribution in [2.75, 3.05) is 18.5 Å². The fourth-order valence-electron chi connectivity index (χ4n) is 2.97. The summed E-state index contributed by atoms with van der Waals surface area (Å²) in [5, 5.41) is 4.82. The molecule has 0 radical (unpaired) electrons. The van der Waals surface area contributed by atoms with Crippen molar-refractivity contribution in [2.45, 2.75) is 13.3 Å². The Morgan fingerprint density at radius 3 is 2.61 bits per heavy atom. The molecule has 3 rings (SSSR count). The number of anilines is 1. The van der Waals surface area contributed by atoms with Crippen LogP contribution in [0, 0.1) is 5.82 Å². The summed E-state index contributed by atoms with van der Waals surface area (Å²) < 4.78 is 24.1. The number of rotatable bonds is 9. The van der Waals surface area contributed by atoms with E-state index >= 15 is 0 Å². The predicted molar refractivity (Wildman–Crippen MR) is 120 cm³/mol. The first-order chi connectivity index (χ1) is 15.0. The fraction of sp³-hybridized carbons (Fsp3) is 0.167. The van der Waals surface area contributed by atoms with Gasteiger partial charge in [0.15, 0.2) is 6.61 Å². The van der Waals surface area contributed by atoms with E-state index in [1.165, 1.54) is 23.5 Å². The van der Waals surface area contributed by atoms with Crippen LogP contribution in [0.4, 0.5) is 9.39 Å². The number of benzene rings is 2. The van der Waals surface area contributed by atoms with Crippen molar-refractivity contribution in [3.63, 3.8) is 0 Å². The van der Waals surface area contributed by atoms with Gasteiger partial charge in [-0.25, -0.2) is 9.18 Å². The van der Waals surface area contributed by atoms with Crippen molar-refractivity contribution in [3.8, 4) is 16.9 Å². The second-order valence-electron chi connectivity index (χ2n) is 6.52. The average Bonchev–Trinajstić information content (AvgIpc) is 3.17. The highest BCUT2D eigenvalue weighted by molar-refractivity contribution is 7.15. The zero-order chi connectivity index (χ0) is 22.2. The Kier molecular flexibility index (Phi) is 7.56. The molecule has 0 fully saturated rings. The third kappa shape index (κ3) is 5.58. The van der Waals surface area contributed by atoms with Crippen LogP contribution in [0.25, 0.3) is 11.1 Å². The number of nitrogens with one attached hydrogen (secondary N) is 1. The molecule has 0 aliphatic carbocycles. The van der Waals surface area contributed by atoms with Crippen LogP contribution in [-0.4, -0.2) is 25.1 Å². The molecule has 2 aromatic carbocycles. The summed E-state index contributed by atoms with van der Waals surface area (Å²) in [5.74, 6) is -0.748. The second-order valence-corrected chi connectivity index (χ2v) is 7.40. The molecular formula is C24H22FNO4S. The summed E-state index contributed by atoms with van der Waals surface area (Å²) >= 11 is 1.20. The van der Waals surface area contributed by atoms with Gasteiger partial charge in [-0.2, -0.15) is 0 Å². The van der Waals surface area contributed by atoms with Gasteiger partial charge in [-0.05, 0) is 42.7 Å². The average molecular weight is 440 g/mol. The topological polar surface area (TPSA) is 64.6 Å². The molecule has 0 atom stereocenters. The number of hydrogen-bond donors (Lipinski definition) is 1. The minimum Gasteiger partial charge on any atom is -0.483 e. The third-order valence-corrected chi connectivity index (χ3v) is 5.27. The van der Waals surface area contributed by atoms with E-state index in [0.29, 0.717) is 28.3 Å². The molecule has 0 saturated carbocycles. The molecule has 1 N–H and O–H groups in total. The minimum absolute atomic E-state index is 0.189. The van der Waals surface area contributed by atoms with Gasteiger partial charge in [0.2, 0.25) is 0 Å². The Balaban J connectivity index is 1.79. The van der Waals surface area contributed by atoms with Crippen LogP contribution in [0.15, 0.2) is 66.6 Å². The first-order valence-electron chi connectivity index (χ1n) is 9.69. The van der Waals surface area contributed by atoms with Crippen molar-refractivity contribution in [2.24, 2.45) is 0 Å². The van der Waals surface area contributed by atoms with E-state index in [9.17, 15) is 14.0 Å². The van der Waals surface area contributed by atoms with Crippen molar-refractivity contribution >= 4 is 28.2 Å². The smallest absolute Gasteiger partial charge is 0.341 e. The van der Waals surface area contributed by atoms with E-state index < -0.39 is 11.9 Å². The molecule has 1 aromatic heterocycles. The summed E-state index contributed by atoms with van der Waals surface area (Å²) in [7, 11) is 0. The summed E-state index contributed by atoms with van der Waals surface area (Å²) in [6.07, 6.45) is 2.38. The maximum absolute atomic E-state index is 13.3. The first-order valence-corrected chi connectivity index (χ1v) is 10.6. The third-order valence-electron chi connectivity index (χ3n) is 4.37. The van der Waals surface area contributed by atoms with Gasteiger partial charge in [-0.1, -0.05) is 36.4 Å². The lowest BCUT2D eigenvalue weighted by Crippen LogP contribution is -2.21. The highest BCUT2D eigenvalue weighted by Crippen LogP contribution is 2.36. The normalized spacial score (nSPS) is 10.4. The standard InChI is InChI=1S/C24H22FNO4S/c1-3-7-17-8-5-6-9-20(17)30-14-21(27)26-23-22(24(28)29-4-2)19(15-31-23)16-10-12-18(25)13-11-16/h3,5-6,8-13,15H,1,4,7,14H2,2H3,(H,26,27). The Morgan fingerprint density at radius 2 is 1.90 bits per heavy atom. The van der Waals surface area contributed by atoms with Crippen molar-refractivity contribution in [1.29, 1.82) is 0 Å². The van der Waals surface area contributed by atoms with Crippen molar-refractivity contribution < 1.29 is 23.5 Å². The van der Waals surface area contributed by atoms with E-state index in [-0.39, 0.29) is 24.6 Å². The summed E-state index contributed by atoms with van der Waals surface area (Å²) in [4.78, 5) is 25.1. The minimum atomic E-state index is -0.560. The zero-order valence-corrected chi connectivity index (χ0v) is 17.8. The number of esters is 1. The number of thiophene rings is 1. The van der Waals surface area contributed by atoms with Crippen LogP contribution in [0.2, 0.25) is 0 Å². The van der Waals surface area contributed by atoms with E-state index in [4.69, 9.17) is 9.47 Å². The van der Waals surface area contributed by atoms with Gasteiger partial charge in [0.1, 0.15) is 22.1 Å². The van der Waals surface area contributed by atoms with Gasteiger partial charge in [0.05, 0.1) is 6.61 Å². The lowest BCUT2D eigenvalue weighted by Gasteiger charge is -2.11. The Hall–Kier alpha value is -3.45. The van der Waals surface area contributed by atoms with E-state index in [0.717, 1.165) is 5.56 Å². The number of allylic oxidation sites excluding steroid dienone is 1. The van der Waals surface area contributed by atoms with Gasteiger partial charge in [-0.3, -0.25) is 4.79 Å². The van der Waals surface area contributed by atoms with Crippen LogP contribution < -0.4 is 10.1 Å². The number of carbonyl (C=O) groups is 2. The zero-order valence-electron chi connectivity index (χ0n) is 17.0. The molecular weight excluding hydrogens is 417 g/mol. The molecule has 0 aliphatic heterocycles. The van der Waals surface area contributed by atoms with Crippen molar-refractivity contribution in [3.05, 3.63) is 83.5 Å². The van der Waals surface area contributed by atoms with Gasteiger partial charge >= 0.3 is 5.97 Å². The number of hydrogen-bond acceptors (Lipinski definition) is 5. The fourth-order valence-corrected chi connectivity index (χ4v) is 3.95. The highest BCUT2D eigenvalue weighted by Gasteiger charge is 2.23. The molecule has 31 heavy (non-hydrogen) atoms. The maximum atomic E-state index is 13.3. The van der Waals surface area contributed by atoms with Crippen LogP contribution in [-0.2, 0) is 16.0 Å². The molecule has 5 nitrogen and oxygen atoms in total. The van der Waals surface area contributed by atoms with E-state index in [1.807, 2.05) is 18.2 Å². The second kappa shape index (κ2) is 10.5. The van der Waals surface area contributed by atoms with Gasteiger partial charge < -0.3 is 14.8 Å². The molecule has 0 unspecified atom stereocenters. The van der Waals surface area contributed by atoms with Crippen LogP contribution in [0.3, 0.4) is 0 Å². The molecule has 160 valence electrons. The summed E-state index contributed by atoms with van der Waals surface area (Å²) in [6, 6.07) is 13.2. The maximum Gasteiger partial charge on any atom is 0.341 e. The molecule has 0 bridgehead atoms. The molecule has 0 spiro atoms. The van der Waals surface area contributed by atoms with Crippen LogP contribution in [0.1, 0.15) is 22.8 Å². The predicted octanol–water partition coefficient (Wildman–Crippen LogP) is 5.48. The van der Waals surface area contributed by atoms with E-state index in [1.54, 1.807) is 36.6 Å². The highest BCUT2D eigenvalue weighted by atomic mass is 32.1. The van der Waals surface area contributed by atoms with Crippen LogP contribution >= 0.6 is 11.3 Å². The van der Waals surface area contributed by atoms with Gasteiger partial charge in [-0.15, -0.1) is 17.9 Å². The number of amides is 1. The molecule has 0 saturated heterocycles. The number of para-hydroxylation sites is 1. The molecule has 0 aliphatic rings. The van der Waals surface area contributed by atoms with Gasteiger partial charge in [0.25, 0.3) is 5.91 Å². The first kappa shape index (κ1) is 22.2.